The molecule has 0 aliphatic carbocycles. The van der Waals surface area contributed by atoms with E-state index in [1.165, 1.54) is 0 Å². The van der Waals surface area contributed by atoms with Crippen LogP contribution in [-0.2, 0) is 6.42 Å². The van der Waals surface area contributed by atoms with Gasteiger partial charge in [0.2, 0.25) is 0 Å². The van der Waals surface area contributed by atoms with Gasteiger partial charge in [-0.25, -0.2) is 4.79 Å². The van der Waals surface area contributed by atoms with E-state index in [1.54, 1.807) is 17.0 Å². The van der Waals surface area contributed by atoms with Crippen LogP contribution in [0.3, 0.4) is 0 Å². The van der Waals surface area contributed by atoms with Crippen molar-refractivity contribution in [3.05, 3.63) is 35.4 Å². The number of nitrogens with zero attached hydrogens (tertiary/aromatic N) is 1. The molecule has 0 aliphatic heterocycles. The molecule has 6 nitrogen and oxygen atoms in total. The van der Waals surface area contributed by atoms with Crippen LogP contribution in [0.15, 0.2) is 24.3 Å². The molecule has 0 spiro atoms. The van der Waals surface area contributed by atoms with Crippen molar-refractivity contribution in [2.75, 3.05) is 39.5 Å². The van der Waals surface area contributed by atoms with E-state index in [2.05, 4.69) is 6.92 Å². The molecule has 0 atom stereocenters. The van der Waals surface area contributed by atoms with E-state index in [4.69, 9.17) is 20.4 Å². The van der Waals surface area contributed by atoms with Crippen LogP contribution in [0, 0.1) is 0 Å². The second-order valence-electron chi connectivity index (χ2n) is 5.08. The van der Waals surface area contributed by atoms with E-state index in [9.17, 15) is 4.79 Å². The van der Waals surface area contributed by atoms with Crippen LogP contribution < -0.4 is 0 Å². The Morgan fingerprint density at radius 2 is 1.52 bits per heavy atom. The van der Waals surface area contributed by atoms with Gasteiger partial charge >= 0.3 is 5.97 Å². The first-order valence-corrected chi connectivity index (χ1v) is 7.96. The molecule has 0 aromatic heterocycles. The lowest BCUT2D eigenvalue weighted by molar-refractivity contribution is 0.0695. The first-order chi connectivity index (χ1) is 11.1. The summed E-state index contributed by atoms with van der Waals surface area (Å²) < 4.78 is 0. The predicted octanol–water partition coefficient (Wildman–Crippen LogP) is 0.993. The fourth-order valence-electron chi connectivity index (χ4n) is 2.07. The third-order valence-corrected chi connectivity index (χ3v) is 3.30. The fourth-order valence-corrected chi connectivity index (χ4v) is 2.07. The second kappa shape index (κ2) is 14.1. The Hall–Kier alpha value is -1.47. The van der Waals surface area contributed by atoms with Crippen LogP contribution >= 0.6 is 0 Å². The number of unbranched alkanes of at least 4 members (excludes halogenated alkanes) is 1. The van der Waals surface area contributed by atoms with Gasteiger partial charge in [0.05, 0.1) is 25.4 Å². The number of benzene rings is 1. The molecule has 0 saturated carbocycles. The second-order valence-corrected chi connectivity index (χ2v) is 5.08. The molecule has 0 amide bonds. The fraction of sp³-hybridized carbons (Fsp3) is 0.588. The van der Waals surface area contributed by atoms with E-state index < -0.39 is 5.97 Å². The van der Waals surface area contributed by atoms with E-state index in [0.717, 1.165) is 24.8 Å². The van der Waals surface area contributed by atoms with Crippen LogP contribution in [0.1, 0.15) is 35.7 Å². The number of carboxylic acid groups (broad SMARTS) is 1. The van der Waals surface area contributed by atoms with Crippen molar-refractivity contribution in [3.63, 3.8) is 0 Å². The van der Waals surface area contributed by atoms with Crippen molar-refractivity contribution in [3.8, 4) is 0 Å². The summed E-state index contributed by atoms with van der Waals surface area (Å²) in [5.74, 6) is -0.827. The van der Waals surface area contributed by atoms with Gasteiger partial charge in [-0.05, 0) is 24.5 Å². The Morgan fingerprint density at radius 3 is 1.96 bits per heavy atom. The van der Waals surface area contributed by atoms with Gasteiger partial charge in [-0.15, -0.1) is 0 Å². The molecule has 0 bridgehead atoms. The third-order valence-electron chi connectivity index (χ3n) is 3.30. The molecular weight excluding hydrogens is 298 g/mol. The van der Waals surface area contributed by atoms with Crippen molar-refractivity contribution in [2.45, 2.75) is 26.2 Å². The summed E-state index contributed by atoms with van der Waals surface area (Å²) >= 11 is 0. The molecule has 4 N–H and O–H groups in total. The van der Waals surface area contributed by atoms with Gasteiger partial charge in [-0.2, -0.15) is 0 Å². The number of aromatic carboxylic acids is 1. The van der Waals surface area contributed by atoms with Crippen LogP contribution in [-0.4, -0.2) is 70.8 Å². The zero-order valence-corrected chi connectivity index (χ0v) is 13.8. The summed E-state index contributed by atoms with van der Waals surface area (Å²) in [6.07, 6.45) is 3.00. The summed E-state index contributed by atoms with van der Waals surface area (Å²) in [6, 6.07) is 7.20. The van der Waals surface area contributed by atoms with Crippen molar-refractivity contribution < 1.29 is 25.2 Å². The highest BCUT2D eigenvalue weighted by atomic mass is 16.4. The molecule has 0 heterocycles. The minimum Gasteiger partial charge on any atom is -0.478 e. The Bertz CT molecular complexity index is 411. The standard InChI is InChI=1S/C11H14O2.C6H15NO3/c1-2-3-6-9-7-4-5-8-10(9)11(12)13;8-4-1-7(2-5-9)3-6-10/h4-5,7-8H,2-3,6H2,1H3,(H,12,13);8-10H,1-6H2. The van der Waals surface area contributed by atoms with Crippen LogP contribution in [0.5, 0.6) is 0 Å². The molecule has 0 unspecified atom stereocenters. The quantitative estimate of drug-likeness (QED) is 0.511. The Balaban J connectivity index is 0.000000438. The molecule has 0 aliphatic rings. The summed E-state index contributed by atoms with van der Waals surface area (Å²) in [5.41, 5.74) is 1.38. The molecule has 0 radical (unpaired) electrons. The summed E-state index contributed by atoms with van der Waals surface area (Å²) in [4.78, 5) is 12.6. The van der Waals surface area contributed by atoms with Crippen molar-refractivity contribution in [1.29, 1.82) is 0 Å². The van der Waals surface area contributed by atoms with Gasteiger partial charge in [0.1, 0.15) is 0 Å². The lowest BCUT2D eigenvalue weighted by Crippen LogP contribution is -2.32. The molecule has 132 valence electrons. The maximum absolute atomic E-state index is 10.8. The number of rotatable bonds is 10. The largest absolute Gasteiger partial charge is 0.478 e. The van der Waals surface area contributed by atoms with Crippen LogP contribution in [0.25, 0.3) is 0 Å². The highest BCUT2D eigenvalue weighted by Gasteiger charge is 2.07. The van der Waals surface area contributed by atoms with Gasteiger partial charge in [-0.1, -0.05) is 31.5 Å². The maximum Gasteiger partial charge on any atom is 0.335 e. The molecule has 1 aromatic carbocycles. The van der Waals surface area contributed by atoms with Crippen molar-refractivity contribution >= 4 is 5.97 Å². The zero-order chi connectivity index (χ0) is 17.5. The minimum absolute atomic E-state index is 0.0694. The molecule has 1 aromatic rings. The van der Waals surface area contributed by atoms with Crippen molar-refractivity contribution in [2.24, 2.45) is 0 Å². The lowest BCUT2D eigenvalue weighted by atomic mass is 10.0. The van der Waals surface area contributed by atoms with E-state index in [0.29, 0.717) is 25.2 Å². The predicted molar refractivity (Wildman–Crippen MR) is 89.7 cm³/mol. The topological polar surface area (TPSA) is 101 Å². The normalized spacial score (nSPS) is 10.3. The molecule has 23 heavy (non-hydrogen) atoms. The third kappa shape index (κ3) is 10.0. The van der Waals surface area contributed by atoms with Crippen LogP contribution in [0.2, 0.25) is 0 Å². The highest BCUT2D eigenvalue weighted by molar-refractivity contribution is 5.89. The van der Waals surface area contributed by atoms with Crippen LogP contribution in [0.4, 0.5) is 0 Å². The average molecular weight is 327 g/mol. The SMILES string of the molecule is CCCCc1ccccc1C(=O)O.OCCN(CCO)CCO. The minimum atomic E-state index is -0.827. The van der Waals surface area contributed by atoms with E-state index in [-0.39, 0.29) is 19.8 Å². The number of carbonyl (C=O) groups is 1. The Kier molecular flexibility index (Phi) is 13.2. The number of aliphatic hydroxyl groups excluding tert-OH is 3. The van der Waals surface area contributed by atoms with Gasteiger partial charge < -0.3 is 20.4 Å². The highest BCUT2D eigenvalue weighted by Crippen LogP contribution is 2.11. The number of aliphatic hydroxyl groups is 3. The summed E-state index contributed by atoms with van der Waals surface area (Å²) in [5, 5.41) is 34.3. The number of hydrogen-bond acceptors (Lipinski definition) is 5. The Morgan fingerprint density at radius 1 is 1.00 bits per heavy atom. The number of hydrogen-bond donors (Lipinski definition) is 4. The monoisotopic (exact) mass is 327 g/mol. The first kappa shape index (κ1) is 21.5. The summed E-state index contributed by atoms with van der Waals surface area (Å²) in [6.45, 7) is 3.85. The molecular formula is C17H29NO5. The summed E-state index contributed by atoms with van der Waals surface area (Å²) in [7, 11) is 0. The zero-order valence-electron chi connectivity index (χ0n) is 13.8. The van der Waals surface area contributed by atoms with Gasteiger partial charge in [-0.3, -0.25) is 4.90 Å². The molecule has 0 saturated heterocycles. The van der Waals surface area contributed by atoms with Gasteiger partial charge in [0, 0.05) is 19.6 Å². The molecule has 0 fully saturated rings. The van der Waals surface area contributed by atoms with Gasteiger partial charge in [0.25, 0.3) is 0 Å². The lowest BCUT2D eigenvalue weighted by Gasteiger charge is -2.17. The Labute approximate surface area is 138 Å². The smallest absolute Gasteiger partial charge is 0.335 e. The van der Waals surface area contributed by atoms with E-state index in [1.807, 2.05) is 12.1 Å². The first-order valence-electron chi connectivity index (χ1n) is 7.96. The van der Waals surface area contributed by atoms with Crippen molar-refractivity contribution in [1.82, 2.24) is 4.90 Å². The average Bonchev–Trinajstić information content (AvgIpc) is 2.54. The molecule has 6 heteroatoms. The molecule has 1 rings (SSSR count). The number of carboxylic acids is 1. The van der Waals surface area contributed by atoms with E-state index >= 15 is 0 Å². The maximum atomic E-state index is 10.8. The van der Waals surface area contributed by atoms with Gasteiger partial charge in [0.15, 0.2) is 0 Å². The number of aryl methyl sites for hydroxylation is 1.